The summed E-state index contributed by atoms with van der Waals surface area (Å²) < 4.78 is 3.09. The number of rotatable bonds is 2. The Hall–Kier alpha value is -0.930. The van der Waals surface area contributed by atoms with Gasteiger partial charge in [-0.05, 0) is 42.5 Å². The van der Waals surface area contributed by atoms with Gasteiger partial charge in [-0.25, -0.2) is 9.97 Å². The maximum absolute atomic E-state index is 6.00. The van der Waals surface area contributed by atoms with Gasteiger partial charge in [-0.3, -0.25) is 9.30 Å². The first-order chi connectivity index (χ1) is 10.6. The van der Waals surface area contributed by atoms with Crippen molar-refractivity contribution in [2.24, 2.45) is 0 Å². The second-order valence-electron chi connectivity index (χ2n) is 6.45. The minimum Gasteiger partial charge on any atom is -0.382 e. The Kier molecular flexibility index (Phi) is 3.74. The van der Waals surface area contributed by atoms with Gasteiger partial charge in [0.15, 0.2) is 5.82 Å². The number of anilines is 1. The first-order valence-electron chi connectivity index (χ1n) is 7.84. The molecule has 1 aliphatic heterocycles. The lowest BCUT2D eigenvalue weighted by atomic mass is 9.78. The van der Waals surface area contributed by atoms with Gasteiger partial charge in [-0.2, -0.15) is 0 Å². The van der Waals surface area contributed by atoms with Crippen LogP contribution in [0.1, 0.15) is 24.6 Å². The summed E-state index contributed by atoms with van der Waals surface area (Å²) in [7, 11) is 2.21. The number of likely N-dealkylation sites (N-methyl/N-ethyl adjacent to an activating group) is 1. The van der Waals surface area contributed by atoms with Crippen LogP contribution in [0.3, 0.4) is 0 Å². The van der Waals surface area contributed by atoms with Crippen LogP contribution < -0.4 is 5.73 Å². The van der Waals surface area contributed by atoms with Crippen molar-refractivity contribution in [1.82, 2.24) is 24.2 Å². The maximum Gasteiger partial charge on any atom is 0.150 e. The van der Waals surface area contributed by atoms with Crippen molar-refractivity contribution in [3.05, 3.63) is 21.9 Å². The highest BCUT2D eigenvalue weighted by Crippen LogP contribution is 2.40. The molecular formula is C15H21IN6. The number of halogens is 1. The minimum absolute atomic E-state index is 0.544. The minimum atomic E-state index is 0.544. The summed E-state index contributed by atoms with van der Waals surface area (Å²) in [4.78, 5) is 14.0. The number of piperazine rings is 1. The van der Waals surface area contributed by atoms with E-state index in [0.29, 0.717) is 11.7 Å². The SMILES string of the molecule is CN1CCN([C@H]2C[C@H](c3nc(I)c4c(N)nccn43)C2)CC1. The van der Waals surface area contributed by atoms with Crippen molar-refractivity contribution < 1.29 is 0 Å². The zero-order valence-electron chi connectivity index (χ0n) is 12.7. The monoisotopic (exact) mass is 412 g/mol. The Morgan fingerprint density at radius 3 is 2.68 bits per heavy atom. The second kappa shape index (κ2) is 5.61. The van der Waals surface area contributed by atoms with Crippen LogP contribution in [0.5, 0.6) is 0 Å². The van der Waals surface area contributed by atoms with Crippen molar-refractivity contribution in [3.63, 3.8) is 0 Å². The first kappa shape index (κ1) is 14.6. The Bertz CT molecular complexity index is 685. The maximum atomic E-state index is 6.00. The van der Waals surface area contributed by atoms with Crippen molar-refractivity contribution in [2.75, 3.05) is 39.0 Å². The largest absolute Gasteiger partial charge is 0.382 e. The van der Waals surface area contributed by atoms with Gasteiger partial charge in [0.1, 0.15) is 15.0 Å². The molecule has 22 heavy (non-hydrogen) atoms. The number of hydrogen-bond donors (Lipinski definition) is 1. The molecule has 2 aliphatic rings. The third-order valence-corrected chi connectivity index (χ3v) is 5.85. The van der Waals surface area contributed by atoms with Crippen LogP contribution in [0.2, 0.25) is 0 Å². The normalized spacial score (nSPS) is 27.2. The topological polar surface area (TPSA) is 62.7 Å². The van der Waals surface area contributed by atoms with E-state index in [1.807, 2.05) is 6.20 Å². The molecule has 0 amide bonds. The first-order valence-corrected chi connectivity index (χ1v) is 8.92. The summed E-state index contributed by atoms with van der Waals surface area (Å²) in [6.45, 7) is 4.77. The van der Waals surface area contributed by atoms with Gasteiger partial charge in [-0.15, -0.1) is 0 Å². The molecule has 7 heteroatoms. The number of aromatic nitrogens is 3. The van der Waals surface area contributed by atoms with E-state index in [4.69, 9.17) is 10.7 Å². The molecule has 4 rings (SSSR count). The lowest BCUT2D eigenvalue weighted by Gasteiger charge is -2.45. The summed E-state index contributed by atoms with van der Waals surface area (Å²) in [5.41, 5.74) is 6.96. The van der Waals surface area contributed by atoms with Crippen molar-refractivity contribution >= 4 is 33.9 Å². The van der Waals surface area contributed by atoms with E-state index in [2.05, 4.69) is 48.8 Å². The Balaban J connectivity index is 1.50. The van der Waals surface area contributed by atoms with Gasteiger partial charge >= 0.3 is 0 Å². The van der Waals surface area contributed by atoms with Crippen LogP contribution in [-0.2, 0) is 0 Å². The Morgan fingerprint density at radius 1 is 1.23 bits per heavy atom. The van der Waals surface area contributed by atoms with Gasteiger partial charge in [0, 0.05) is 50.5 Å². The lowest BCUT2D eigenvalue weighted by molar-refractivity contribution is 0.0586. The fraction of sp³-hybridized carbons (Fsp3) is 0.600. The molecule has 0 aromatic carbocycles. The fourth-order valence-electron chi connectivity index (χ4n) is 3.61. The zero-order chi connectivity index (χ0) is 15.3. The predicted octanol–water partition coefficient (Wildman–Crippen LogP) is 1.41. The van der Waals surface area contributed by atoms with Crippen molar-refractivity contribution in [1.29, 1.82) is 0 Å². The molecule has 0 unspecified atom stereocenters. The highest BCUT2D eigenvalue weighted by atomic mass is 127. The molecule has 2 fully saturated rings. The summed E-state index contributed by atoms with van der Waals surface area (Å²) in [5.74, 6) is 2.27. The molecule has 1 aliphatic carbocycles. The molecule has 2 N–H and O–H groups in total. The summed E-state index contributed by atoms with van der Waals surface area (Å²) >= 11 is 2.26. The van der Waals surface area contributed by atoms with Crippen molar-refractivity contribution in [2.45, 2.75) is 24.8 Å². The number of fused-ring (bicyclic) bond motifs is 1. The average molecular weight is 412 g/mol. The molecule has 0 radical (unpaired) electrons. The van der Waals surface area contributed by atoms with Crippen LogP contribution in [0.4, 0.5) is 5.82 Å². The van der Waals surface area contributed by atoms with E-state index in [-0.39, 0.29) is 0 Å². The van der Waals surface area contributed by atoms with Crippen molar-refractivity contribution in [3.8, 4) is 0 Å². The second-order valence-corrected chi connectivity index (χ2v) is 7.48. The Labute approximate surface area is 143 Å². The number of imidazole rings is 1. The molecular weight excluding hydrogens is 391 g/mol. The van der Waals surface area contributed by atoms with E-state index in [1.165, 1.54) is 39.0 Å². The Morgan fingerprint density at radius 2 is 1.95 bits per heavy atom. The molecule has 0 bridgehead atoms. The van der Waals surface area contributed by atoms with Gasteiger partial charge in [0.05, 0.1) is 0 Å². The molecule has 6 nitrogen and oxygen atoms in total. The van der Waals surface area contributed by atoms with Gasteiger partial charge in [0.25, 0.3) is 0 Å². The molecule has 2 aromatic heterocycles. The lowest BCUT2D eigenvalue weighted by Crippen LogP contribution is -2.52. The molecule has 1 saturated heterocycles. The molecule has 0 atom stereocenters. The van der Waals surface area contributed by atoms with Crippen LogP contribution in [0.15, 0.2) is 12.4 Å². The standard InChI is InChI=1S/C15H21IN6/c1-20-4-6-21(7-5-20)11-8-10(9-11)15-19-13(16)12-14(17)18-2-3-22(12)15/h2-3,10-11H,4-9H2,1H3,(H2,17,18)/t10-,11-. The highest BCUT2D eigenvalue weighted by Gasteiger charge is 2.37. The van der Waals surface area contributed by atoms with Gasteiger partial charge in [-0.1, -0.05) is 0 Å². The third-order valence-electron chi connectivity index (χ3n) is 5.10. The van der Waals surface area contributed by atoms with Crippen LogP contribution in [0.25, 0.3) is 5.52 Å². The van der Waals surface area contributed by atoms with E-state index in [9.17, 15) is 0 Å². The van der Waals surface area contributed by atoms with E-state index < -0.39 is 0 Å². The van der Waals surface area contributed by atoms with Gasteiger partial charge in [0.2, 0.25) is 0 Å². The predicted molar refractivity (Wildman–Crippen MR) is 94.9 cm³/mol. The summed E-state index contributed by atoms with van der Waals surface area (Å²) in [5, 5.41) is 0. The van der Waals surface area contributed by atoms with E-state index in [0.717, 1.165) is 21.1 Å². The van der Waals surface area contributed by atoms with E-state index >= 15 is 0 Å². The van der Waals surface area contributed by atoms with E-state index in [1.54, 1.807) is 6.20 Å². The molecule has 1 saturated carbocycles. The van der Waals surface area contributed by atoms with Gasteiger partial charge < -0.3 is 10.6 Å². The fourth-order valence-corrected chi connectivity index (χ4v) is 4.40. The summed E-state index contributed by atoms with van der Waals surface area (Å²) in [6.07, 6.45) is 6.17. The number of nitrogen functional groups attached to an aromatic ring is 1. The molecule has 0 spiro atoms. The van der Waals surface area contributed by atoms with Crippen LogP contribution in [-0.4, -0.2) is 63.4 Å². The zero-order valence-corrected chi connectivity index (χ0v) is 14.9. The van der Waals surface area contributed by atoms with Crippen LogP contribution in [0, 0.1) is 3.70 Å². The quantitative estimate of drug-likeness (QED) is 0.756. The highest BCUT2D eigenvalue weighted by molar-refractivity contribution is 14.1. The molecule has 2 aromatic rings. The molecule has 3 heterocycles. The number of hydrogen-bond acceptors (Lipinski definition) is 5. The van der Waals surface area contributed by atoms with Crippen LogP contribution >= 0.6 is 22.6 Å². The molecule has 118 valence electrons. The smallest absolute Gasteiger partial charge is 0.150 e. The number of nitrogens with two attached hydrogens (primary N) is 1. The number of nitrogens with zero attached hydrogens (tertiary/aromatic N) is 5. The average Bonchev–Trinajstić information content (AvgIpc) is 2.78. The third kappa shape index (κ3) is 2.39. The summed E-state index contributed by atoms with van der Waals surface area (Å²) in [6, 6.07) is 0.725.